The monoisotopic (exact) mass is 515 g/mol. The average Bonchev–Trinajstić information content (AvgIpc) is 3.42. The molecule has 0 saturated carbocycles. The number of methoxy groups -OCH3 is 1. The third kappa shape index (κ3) is 4.11. The van der Waals surface area contributed by atoms with Gasteiger partial charge in [0.1, 0.15) is 11.5 Å². The van der Waals surface area contributed by atoms with Gasteiger partial charge in [0.25, 0.3) is 11.5 Å². The fourth-order valence-electron chi connectivity index (χ4n) is 4.49. The van der Waals surface area contributed by atoms with Crippen molar-refractivity contribution in [1.82, 2.24) is 4.98 Å². The fourth-order valence-corrected chi connectivity index (χ4v) is 5.66. The van der Waals surface area contributed by atoms with Crippen LogP contribution < -0.4 is 9.64 Å². The predicted molar refractivity (Wildman–Crippen MR) is 140 cm³/mol. The molecule has 37 heavy (non-hydrogen) atoms. The van der Waals surface area contributed by atoms with Crippen LogP contribution in [-0.2, 0) is 9.59 Å². The van der Waals surface area contributed by atoms with Gasteiger partial charge in [-0.25, -0.2) is 4.98 Å². The van der Waals surface area contributed by atoms with Gasteiger partial charge in [-0.3, -0.25) is 24.6 Å². The molecule has 0 aliphatic carbocycles. The van der Waals surface area contributed by atoms with E-state index in [-0.39, 0.29) is 17.0 Å². The van der Waals surface area contributed by atoms with Crippen LogP contribution in [-0.4, -0.2) is 33.8 Å². The molecule has 9 nitrogen and oxygen atoms in total. The van der Waals surface area contributed by atoms with Gasteiger partial charge in [-0.15, -0.1) is 0 Å². The Hall–Kier alpha value is -4.57. The fraction of sp³-hybridized carbons (Fsp3) is 0.148. The summed E-state index contributed by atoms with van der Waals surface area (Å²) in [5.74, 6) is -1.51. The van der Waals surface area contributed by atoms with Crippen molar-refractivity contribution in [3.05, 3.63) is 98.6 Å². The number of hydrogen-bond acceptors (Lipinski definition) is 8. The van der Waals surface area contributed by atoms with Gasteiger partial charge < -0.3 is 9.84 Å². The number of carbonyl (C=O) groups is 2. The molecular formula is C27H21N3O6S. The lowest BCUT2D eigenvalue weighted by atomic mass is 9.95. The van der Waals surface area contributed by atoms with Gasteiger partial charge in [0.05, 0.1) is 33.9 Å². The summed E-state index contributed by atoms with van der Waals surface area (Å²) >= 11 is 1.26. The molecule has 1 N–H and O–H groups in total. The standard InChI is InChI=1S/C27H21N3O6S/c1-14-12-15(2)22-20(13-14)37-27(28-22)29-23(16-4-8-18(9-5-16)30(34)35)21(25(32)26(29)33)24(31)17-6-10-19(36-3)11-7-17/h4-13,23,31H,1-3H3/t23-/m0/s1. The highest BCUT2D eigenvalue weighted by atomic mass is 32.1. The second kappa shape index (κ2) is 9.14. The van der Waals surface area contributed by atoms with Crippen molar-refractivity contribution in [2.75, 3.05) is 12.0 Å². The number of aliphatic hydroxyl groups is 1. The molecule has 1 aromatic heterocycles. The van der Waals surface area contributed by atoms with Crippen LogP contribution in [0.3, 0.4) is 0 Å². The molecule has 0 unspecified atom stereocenters. The van der Waals surface area contributed by atoms with E-state index in [0.29, 0.717) is 27.5 Å². The van der Waals surface area contributed by atoms with Gasteiger partial charge in [0.2, 0.25) is 0 Å². The SMILES string of the molecule is COc1ccc(C(O)=C2C(=O)C(=O)N(c3nc4c(C)cc(C)cc4s3)[C@H]2c2ccc([N+](=O)[O-])cc2)cc1. The number of amides is 1. The Morgan fingerprint density at radius 2 is 1.76 bits per heavy atom. The van der Waals surface area contributed by atoms with E-state index in [9.17, 15) is 24.8 Å². The van der Waals surface area contributed by atoms with Crippen LogP contribution >= 0.6 is 11.3 Å². The first-order chi connectivity index (χ1) is 17.7. The summed E-state index contributed by atoms with van der Waals surface area (Å²) in [6.45, 7) is 3.88. The van der Waals surface area contributed by atoms with E-state index in [0.717, 1.165) is 15.8 Å². The van der Waals surface area contributed by atoms with Crippen molar-refractivity contribution < 1.29 is 24.4 Å². The van der Waals surface area contributed by atoms with Gasteiger partial charge in [-0.05, 0) is 73.0 Å². The van der Waals surface area contributed by atoms with E-state index in [1.165, 1.54) is 47.6 Å². The molecule has 1 fully saturated rings. The summed E-state index contributed by atoms with van der Waals surface area (Å²) in [5, 5.41) is 22.8. The molecule has 10 heteroatoms. The molecule has 2 heterocycles. The van der Waals surface area contributed by atoms with Gasteiger partial charge in [-0.2, -0.15) is 0 Å². The molecular weight excluding hydrogens is 494 g/mol. The molecule has 1 amide bonds. The number of aromatic nitrogens is 1. The summed E-state index contributed by atoms with van der Waals surface area (Å²) in [6.07, 6.45) is 0. The lowest BCUT2D eigenvalue weighted by molar-refractivity contribution is -0.384. The molecule has 5 rings (SSSR count). The maximum Gasteiger partial charge on any atom is 0.301 e. The number of ether oxygens (including phenoxy) is 1. The molecule has 1 atom stereocenters. The maximum absolute atomic E-state index is 13.4. The smallest absolute Gasteiger partial charge is 0.301 e. The van der Waals surface area contributed by atoms with Crippen molar-refractivity contribution in [3.8, 4) is 5.75 Å². The van der Waals surface area contributed by atoms with Crippen LogP contribution in [0, 0.1) is 24.0 Å². The number of non-ortho nitro benzene ring substituents is 1. The number of carbonyl (C=O) groups excluding carboxylic acids is 2. The van der Waals surface area contributed by atoms with Crippen molar-refractivity contribution >= 4 is 49.8 Å². The lowest BCUT2D eigenvalue weighted by Gasteiger charge is -2.22. The van der Waals surface area contributed by atoms with Gasteiger partial charge in [0, 0.05) is 17.7 Å². The summed E-state index contributed by atoms with van der Waals surface area (Å²) in [5.41, 5.74) is 3.16. The van der Waals surface area contributed by atoms with Crippen molar-refractivity contribution in [2.24, 2.45) is 0 Å². The topological polar surface area (TPSA) is 123 Å². The highest BCUT2D eigenvalue weighted by Crippen LogP contribution is 2.45. The van der Waals surface area contributed by atoms with Crippen LogP contribution in [0.4, 0.5) is 10.8 Å². The molecule has 1 saturated heterocycles. The molecule has 186 valence electrons. The van der Waals surface area contributed by atoms with Crippen LogP contribution in [0.5, 0.6) is 5.75 Å². The number of rotatable bonds is 5. The predicted octanol–water partition coefficient (Wildman–Crippen LogP) is 5.46. The van der Waals surface area contributed by atoms with Crippen molar-refractivity contribution in [3.63, 3.8) is 0 Å². The van der Waals surface area contributed by atoms with E-state index in [2.05, 4.69) is 4.98 Å². The summed E-state index contributed by atoms with van der Waals surface area (Å²) in [6, 6.07) is 14.9. The second-order valence-corrected chi connectivity index (χ2v) is 9.68. The third-order valence-corrected chi connectivity index (χ3v) is 7.25. The number of Topliss-reactive ketones (excluding diaryl/α,β-unsaturated/α-hetero) is 1. The van der Waals surface area contributed by atoms with E-state index >= 15 is 0 Å². The second-order valence-electron chi connectivity index (χ2n) is 8.67. The molecule has 1 aliphatic heterocycles. The zero-order valence-electron chi connectivity index (χ0n) is 20.1. The average molecular weight is 516 g/mol. The lowest BCUT2D eigenvalue weighted by Crippen LogP contribution is -2.29. The summed E-state index contributed by atoms with van der Waals surface area (Å²) in [4.78, 5) is 43.4. The number of nitro groups is 1. The Morgan fingerprint density at radius 3 is 2.38 bits per heavy atom. The van der Waals surface area contributed by atoms with Crippen molar-refractivity contribution in [1.29, 1.82) is 0 Å². The number of thiazole rings is 1. The number of nitro benzene ring substituents is 1. The Morgan fingerprint density at radius 1 is 1.08 bits per heavy atom. The first-order valence-corrected chi connectivity index (χ1v) is 12.1. The van der Waals surface area contributed by atoms with Crippen molar-refractivity contribution in [2.45, 2.75) is 19.9 Å². The summed E-state index contributed by atoms with van der Waals surface area (Å²) in [7, 11) is 1.51. The molecule has 4 aromatic rings. The van der Waals surface area contributed by atoms with E-state index in [1.54, 1.807) is 24.3 Å². The quantitative estimate of drug-likeness (QED) is 0.123. The zero-order chi connectivity index (χ0) is 26.4. The minimum absolute atomic E-state index is 0.129. The number of ketones is 1. The van der Waals surface area contributed by atoms with Gasteiger partial charge in [0.15, 0.2) is 5.13 Å². The van der Waals surface area contributed by atoms with E-state index in [4.69, 9.17) is 4.74 Å². The van der Waals surface area contributed by atoms with Gasteiger partial charge >= 0.3 is 5.91 Å². The first kappa shape index (κ1) is 24.1. The summed E-state index contributed by atoms with van der Waals surface area (Å²) < 4.78 is 6.02. The zero-order valence-corrected chi connectivity index (χ0v) is 20.9. The Labute approximate surface area is 215 Å². The molecule has 3 aromatic carbocycles. The van der Waals surface area contributed by atoms with Crippen LogP contribution in [0.25, 0.3) is 16.0 Å². The van der Waals surface area contributed by atoms with Crippen LogP contribution in [0.15, 0.2) is 66.2 Å². The Bertz CT molecular complexity index is 1610. The van der Waals surface area contributed by atoms with E-state index < -0.39 is 22.7 Å². The number of aliphatic hydroxyl groups excluding tert-OH is 1. The highest BCUT2D eigenvalue weighted by Gasteiger charge is 2.48. The molecule has 0 radical (unpaired) electrons. The largest absolute Gasteiger partial charge is 0.507 e. The first-order valence-electron chi connectivity index (χ1n) is 11.3. The number of aryl methyl sites for hydroxylation is 2. The number of fused-ring (bicyclic) bond motifs is 1. The Balaban J connectivity index is 1.72. The van der Waals surface area contributed by atoms with E-state index in [1.807, 2.05) is 26.0 Å². The normalized spacial score (nSPS) is 16.9. The molecule has 0 spiro atoms. The number of nitrogens with zero attached hydrogens (tertiary/aromatic N) is 3. The Kier molecular flexibility index (Phi) is 5.96. The number of anilines is 1. The number of benzene rings is 3. The number of hydrogen-bond donors (Lipinski definition) is 1. The maximum atomic E-state index is 13.4. The molecule has 0 bridgehead atoms. The van der Waals surface area contributed by atoms with Crippen LogP contribution in [0.2, 0.25) is 0 Å². The van der Waals surface area contributed by atoms with Gasteiger partial charge in [-0.1, -0.05) is 17.4 Å². The highest BCUT2D eigenvalue weighted by molar-refractivity contribution is 7.22. The minimum Gasteiger partial charge on any atom is -0.507 e. The third-order valence-electron chi connectivity index (χ3n) is 6.25. The van der Waals surface area contributed by atoms with Crippen LogP contribution in [0.1, 0.15) is 28.3 Å². The molecule has 1 aliphatic rings. The minimum atomic E-state index is -1.04.